The summed E-state index contributed by atoms with van der Waals surface area (Å²) in [6.07, 6.45) is 1.95. The van der Waals surface area contributed by atoms with Crippen LogP contribution in [-0.2, 0) is 6.54 Å². The van der Waals surface area contributed by atoms with E-state index in [1.807, 2.05) is 12.1 Å². The van der Waals surface area contributed by atoms with E-state index in [-0.39, 0.29) is 0 Å². The van der Waals surface area contributed by atoms with Crippen molar-refractivity contribution in [3.63, 3.8) is 0 Å². The number of aliphatic hydroxyl groups is 1. The lowest BCUT2D eigenvalue weighted by Crippen LogP contribution is -2.30. The fraction of sp³-hybridized carbons (Fsp3) is 0.353. The zero-order chi connectivity index (χ0) is 14.7. The Morgan fingerprint density at radius 1 is 1.29 bits per heavy atom. The van der Waals surface area contributed by atoms with Gasteiger partial charge < -0.3 is 5.11 Å². The molecule has 0 amide bonds. The fourth-order valence-electron chi connectivity index (χ4n) is 2.51. The lowest BCUT2D eigenvalue weighted by atomic mass is 10.1. The number of aliphatic hydroxyl groups excluding tert-OH is 1. The molecule has 3 rings (SSSR count). The standard InChI is InChI=1S/C17H18N2OS/c18-9-13-1-3-15(4-2-13)17(20)11-19(16-5-6-16)10-14-7-8-21-12-14/h1-4,7-8,12,16-17,20H,5-6,10-11H2. The van der Waals surface area contributed by atoms with Crippen molar-refractivity contribution >= 4 is 11.3 Å². The van der Waals surface area contributed by atoms with Crippen molar-refractivity contribution < 1.29 is 5.11 Å². The molecule has 21 heavy (non-hydrogen) atoms. The van der Waals surface area contributed by atoms with Crippen LogP contribution in [0.15, 0.2) is 41.1 Å². The quantitative estimate of drug-likeness (QED) is 0.890. The van der Waals surface area contributed by atoms with Gasteiger partial charge in [-0.25, -0.2) is 0 Å². The highest BCUT2D eigenvalue weighted by Gasteiger charge is 2.30. The van der Waals surface area contributed by atoms with Gasteiger partial charge in [-0.15, -0.1) is 0 Å². The number of hydrogen-bond acceptors (Lipinski definition) is 4. The second kappa shape index (κ2) is 6.40. The van der Waals surface area contributed by atoms with Crippen molar-refractivity contribution in [2.45, 2.75) is 31.5 Å². The van der Waals surface area contributed by atoms with Crippen LogP contribution in [0.3, 0.4) is 0 Å². The van der Waals surface area contributed by atoms with Crippen molar-refractivity contribution in [1.82, 2.24) is 4.90 Å². The van der Waals surface area contributed by atoms with E-state index < -0.39 is 6.10 Å². The molecule has 1 fully saturated rings. The summed E-state index contributed by atoms with van der Waals surface area (Å²) >= 11 is 1.71. The van der Waals surface area contributed by atoms with Crippen LogP contribution in [0.25, 0.3) is 0 Å². The third-order valence-electron chi connectivity index (χ3n) is 3.86. The number of rotatable bonds is 6. The molecule has 1 aliphatic carbocycles. The van der Waals surface area contributed by atoms with Crippen molar-refractivity contribution in [2.75, 3.05) is 6.54 Å². The van der Waals surface area contributed by atoms with E-state index in [9.17, 15) is 5.11 Å². The van der Waals surface area contributed by atoms with E-state index in [0.29, 0.717) is 18.2 Å². The van der Waals surface area contributed by atoms with E-state index in [2.05, 4.69) is 27.8 Å². The molecule has 0 saturated heterocycles. The lowest BCUT2D eigenvalue weighted by molar-refractivity contribution is 0.104. The molecule has 1 aromatic carbocycles. The smallest absolute Gasteiger partial charge is 0.0991 e. The number of nitriles is 1. The molecule has 0 spiro atoms. The number of hydrogen-bond donors (Lipinski definition) is 1. The summed E-state index contributed by atoms with van der Waals surface area (Å²) < 4.78 is 0. The number of thiophene rings is 1. The van der Waals surface area contributed by atoms with E-state index in [4.69, 9.17) is 5.26 Å². The van der Waals surface area contributed by atoms with Crippen molar-refractivity contribution in [3.8, 4) is 6.07 Å². The Balaban J connectivity index is 1.65. The largest absolute Gasteiger partial charge is 0.387 e. The minimum absolute atomic E-state index is 0.503. The maximum atomic E-state index is 10.4. The first-order valence-corrected chi connectivity index (χ1v) is 8.14. The first-order chi connectivity index (χ1) is 10.3. The van der Waals surface area contributed by atoms with E-state index in [1.54, 1.807) is 23.5 Å². The average Bonchev–Trinajstić information content (AvgIpc) is 3.24. The third kappa shape index (κ3) is 3.70. The van der Waals surface area contributed by atoms with Crippen LogP contribution in [0.5, 0.6) is 0 Å². The molecule has 1 aromatic heterocycles. The monoisotopic (exact) mass is 298 g/mol. The van der Waals surface area contributed by atoms with Gasteiger partial charge in [0.25, 0.3) is 0 Å². The van der Waals surface area contributed by atoms with Gasteiger partial charge in [-0.05, 0) is 52.9 Å². The molecule has 0 radical (unpaired) electrons. The summed E-state index contributed by atoms with van der Waals surface area (Å²) in [7, 11) is 0. The van der Waals surface area contributed by atoms with Gasteiger partial charge in [0.15, 0.2) is 0 Å². The molecule has 1 unspecified atom stereocenters. The van der Waals surface area contributed by atoms with Crippen LogP contribution in [0, 0.1) is 11.3 Å². The first kappa shape index (κ1) is 14.3. The molecule has 1 saturated carbocycles. The predicted molar refractivity (Wildman–Crippen MR) is 83.9 cm³/mol. The van der Waals surface area contributed by atoms with Gasteiger partial charge >= 0.3 is 0 Å². The molecule has 4 heteroatoms. The zero-order valence-electron chi connectivity index (χ0n) is 11.8. The molecule has 1 heterocycles. The van der Waals surface area contributed by atoms with Crippen molar-refractivity contribution in [1.29, 1.82) is 5.26 Å². The third-order valence-corrected chi connectivity index (χ3v) is 4.59. The highest BCUT2D eigenvalue weighted by molar-refractivity contribution is 7.07. The van der Waals surface area contributed by atoms with Gasteiger partial charge in [0.05, 0.1) is 17.7 Å². The maximum absolute atomic E-state index is 10.4. The molecule has 1 aliphatic rings. The van der Waals surface area contributed by atoms with Gasteiger partial charge in [-0.2, -0.15) is 16.6 Å². The van der Waals surface area contributed by atoms with Crippen molar-refractivity contribution in [3.05, 3.63) is 57.8 Å². The van der Waals surface area contributed by atoms with Crippen LogP contribution < -0.4 is 0 Å². The van der Waals surface area contributed by atoms with E-state index in [0.717, 1.165) is 12.1 Å². The molecule has 1 N–H and O–H groups in total. The van der Waals surface area contributed by atoms with E-state index >= 15 is 0 Å². The van der Waals surface area contributed by atoms with Crippen molar-refractivity contribution in [2.24, 2.45) is 0 Å². The Bertz CT molecular complexity index is 611. The van der Waals surface area contributed by atoms with Gasteiger partial charge in [0, 0.05) is 19.1 Å². The van der Waals surface area contributed by atoms with Crippen LogP contribution >= 0.6 is 11.3 Å². The Kier molecular flexibility index (Phi) is 4.35. The summed E-state index contributed by atoms with van der Waals surface area (Å²) in [5.74, 6) is 0. The maximum Gasteiger partial charge on any atom is 0.0991 e. The highest BCUT2D eigenvalue weighted by atomic mass is 32.1. The average molecular weight is 298 g/mol. The van der Waals surface area contributed by atoms with Crippen LogP contribution in [0.4, 0.5) is 0 Å². The number of benzene rings is 1. The second-order valence-corrected chi connectivity index (χ2v) is 6.32. The Hall–Kier alpha value is -1.67. The summed E-state index contributed by atoms with van der Waals surface area (Å²) in [5.41, 5.74) is 2.83. The Morgan fingerprint density at radius 2 is 2.05 bits per heavy atom. The SMILES string of the molecule is N#Cc1ccc(C(O)CN(Cc2ccsc2)C2CC2)cc1. The van der Waals surface area contributed by atoms with Gasteiger partial charge in [0.1, 0.15) is 0 Å². The predicted octanol–water partition coefficient (Wildman–Crippen LogP) is 3.32. The Morgan fingerprint density at radius 3 is 2.62 bits per heavy atom. The summed E-state index contributed by atoms with van der Waals surface area (Å²) in [5, 5.41) is 23.5. The highest BCUT2D eigenvalue weighted by Crippen LogP contribution is 2.30. The minimum Gasteiger partial charge on any atom is -0.387 e. The van der Waals surface area contributed by atoms with Crippen LogP contribution in [-0.4, -0.2) is 22.6 Å². The summed E-state index contributed by atoms with van der Waals surface area (Å²) in [6.45, 7) is 1.55. The van der Waals surface area contributed by atoms with Gasteiger partial charge in [-0.1, -0.05) is 12.1 Å². The van der Waals surface area contributed by atoms with Gasteiger partial charge in [-0.3, -0.25) is 4.90 Å². The minimum atomic E-state index is -0.503. The summed E-state index contributed by atoms with van der Waals surface area (Å²) in [6, 6.07) is 12.1. The zero-order valence-corrected chi connectivity index (χ0v) is 12.6. The first-order valence-electron chi connectivity index (χ1n) is 7.19. The summed E-state index contributed by atoms with van der Waals surface area (Å²) in [4.78, 5) is 2.37. The van der Waals surface area contributed by atoms with Gasteiger partial charge in [0.2, 0.25) is 0 Å². The molecule has 0 bridgehead atoms. The molecule has 1 atom stereocenters. The van der Waals surface area contributed by atoms with Crippen LogP contribution in [0.2, 0.25) is 0 Å². The molecule has 0 aliphatic heterocycles. The molecule has 108 valence electrons. The normalized spacial score (nSPS) is 15.9. The topological polar surface area (TPSA) is 47.3 Å². The second-order valence-electron chi connectivity index (χ2n) is 5.54. The molecule has 2 aromatic rings. The van der Waals surface area contributed by atoms with Crippen LogP contribution in [0.1, 0.15) is 35.6 Å². The lowest BCUT2D eigenvalue weighted by Gasteiger charge is -2.24. The fourth-order valence-corrected chi connectivity index (χ4v) is 3.17. The molecule has 3 nitrogen and oxygen atoms in total. The Labute approximate surface area is 129 Å². The molecular formula is C17H18N2OS. The van der Waals surface area contributed by atoms with E-state index in [1.165, 1.54) is 18.4 Å². The number of nitrogens with zero attached hydrogens (tertiary/aromatic N) is 2. The molecular weight excluding hydrogens is 280 g/mol.